The van der Waals surface area contributed by atoms with Gasteiger partial charge in [0.2, 0.25) is 6.79 Å². The molecule has 0 fully saturated rings. The van der Waals surface area contributed by atoms with Crippen molar-refractivity contribution < 1.29 is 19.1 Å². The van der Waals surface area contributed by atoms with Crippen LogP contribution in [0.5, 0.6) is 11.5 Å². The predicted molar refractivity (Wildman–Crippen MR) is 113 cm³/mol. The first kappa shape index (κ1) is 19.5. The molecular weight excluding hydrogens is 406 g/mol. The number of benzene rings is 3. The van der Waals surface area contributed by atoms with Crippen LogP contribution in [-0.2, 0) is 0 Å². The van der Waals surface area contributed by atoms with Crippen LogP contribution in [-0.4, -0.2) is 24.8 Å². The van der Waals surface area contributed by atoms with Crippen LogP contribution in [0.3, 0.4) is 0 Å². The Kier molecular flexibility index (Phi) is 5.63. The molecule has 3 aromatic carbocycles. The second-order valence-electron chi connectivity index (χ2n) is 6.32. The van der Waals surface area contributed by atoms with Crippen LogP contribution in [0.4, 0.5) is 5.69 Å². The molecule has 7 nitrogen and oxygen atoms in total. The lowest BCUT2D eigenvalue weighted by atomic mass is 10.1. The van der Waals surface area contributed by atoms with Gasteiger partial charge >= 0.3 is 0 Å². The molecule has 0 spiro atoms. The average molecular weight is 422 g/mol. The molecule has 3 aromatic rings. The number of fused-ring (bicyclic) bond motifs is 1. The zero-order chi connectivity index (χ0) is 20.9. The Hall–Kier alpha value is -3.84. The minimum atomic E-state index is -0.459. The van der Waals surface area contributed by atoms with Crippen LogP contribution in [0.15, 0.2) is 71.8 Å². The number of nitrogens with one attached hydrogen (secondary N) is 2. The number of hydrazone groups is 1. The molecule has 0 aromatic heterocycles. The third-order valence-electron chi connectivity index (χ3n) is 4.30. The normalized spacial score (nSPS) is 12.0. The molecule has 1 aliphatic heterocycles. The van der Waals surface area contributed by atoms with Crippen LogP contribution < -0.4 is 20.2 Å². The lowest BCUT2D eigenvalue weighted by molar-refractivity contribution is 0.0956. The fourth-order valence-electron chi connectivity index (χ4n) is 2.80. The van der Waals surface area contributed by atoms with Crippen LogP contribution in [0.25, 0.3) is 0 Å². The summed E-state index contributed by atoms with van der Waals surface area (Å²) in [6.45, 7) is 0.186. The van der Waals surface area contributed by atoms with Crippen molar-refractivity contribution in [3.8, 4) is 11.5 Å². The second kappa shape index (κ2) is 8.67. The summed E-state index contributed by atoms with van der Waals surface area (Å²) in [5.74, 6) is 0.483. The van der Waals surface area contributed by atoms with Crippen molar-refractivity contribution in [1.29, 1.82) is 0 Å². The molecule has 0 bridgehead atoms. The standard InChI is InChI=1S/C22H16ClN3O4/c23-16-8-6-15(7-9-16)21(27)25-18-4-2-1-3-17(18)22(28)26-24-12-14-5-10-19-20(11-14)30-13-29-19/h1-12H,13H2,(H,25,27)(H,26,28). The Labute approximate surface area is 177 Å². The molecule has 1 aliphatic rings. The van der Waals surface area contributed by atoms with E-state index in [0.29, 0.717) is 27.8 Å². The molecule has 4 rings (SSSR count). The van der Waals surface area contributed by atoms with Gasteiger partial charge in [0.05, 0.1) is 17.5 Å². The summed E-state index contributed by atoms with van der Waals surface area (Å²) in [7, 11) is 0. The van der Waals surface area contributed by atoms with Crippen LogP contribution in [0, 0.1) is 0 Å². The maximum atomic E-state index is 12.6. The first-order valence-corrected chi connectivity index (χ1v) is 9.37. The Balaban J connectivity index is 1.44. The predicted octanol–water partition coefficient (Wildman–Crippen LogP) is 4.08. The van der Waals surface area contributed by atoms with Crippen LogP contribution >= 0.6 is 11.6 Å². The number of nitrogens with zero attached hydrogens (tertiary/aromatic N) is 1. The quantitative estimate of drug-likeness (QED) is 0.479. The van der Waals surface area contributed by atoms with E-state index in [1.165, 1.54) is 6.21 Å². The van der Waals surface area contributed by atoms with Crippen molar-refractivity contribution in [2.24, 2.45) is 5.10 Å². The Morgan fingerprint density at radius 2 is 1.70 bits per heavy atom. The number of rotatable bonds is 5. The molecule has 0 atom stereocenters. The van der Waals surface area contributed by atoms with E-state index in [1.807, 2.05) is 0 Å². The second-order valence-corrected chi connectivity index (χ2v) is 6.75. The zero-order valence-electron chi connectivity index (χ0n) is 15.6. The van der Waals surface area contributed by atoms with Gasteiger partial charge in [-0.3, -0.25) is 9.59 Å². The molecule has 0 unspecified atom stereocenters. The number of anilines is 1. The fourth-order valence-corrected chi connectivity index (χ4v) is 2.93. The summed E-state index contributed by atoms with van der Waals surface area (Å²) in [4.78, 5) is 25.0. The summed E-state index contributed by atoms with van der Waals surface area (Å²) >= 11 is 5.85. The number of para-hydroxylation sites is 1. The maximum absolute atomic E-state index is 12.6. The van der Waals surface area contributed by atoms with Crippen molar-refractivity contribution in [2.75, 3.05) is 12.1 Å². The highest BCUT2D eigenvalue weighted by Gasteiger charge is 2.14. The highest BCUT2D eigenvalue weighted by molar-refractivity contribution is 6.30. The Bertz CT molecular complexity index is 1130. The number of ether oxygens (including phenoxy) is 2. The number of carbonyl (C=O) groups excluding carboxylic acids is 2. The molecular formula is C22H16ClN3O4. The monoisotopic (exact) mass is 421 g/mol. The molecule has 30 heavy (non-hydrogen) atoms. The van der Waals surface area contributed by atoms with Gasteiger partial charge in [0.15, 0.2) is 11.5 Å². The van der Waals surface area contributed by atoms with Gasteiger partial charge in [-0.1, -0.05) is 23.7 Å². The van der Waals surface area contributed by atoms with Gasteiger partial charge in [-0.05, 0) is 60.2 Å². The van der Waals surface area contributed by atoms with Gasteiger partial charge in [0.25, 0.3) is 11.8 Å². The number of carbonyl (C=O) groups is 2. The van der Waals surface area contributed by atoms with E-state index < -0.39 is 5.91 Å². The van der Waals surface area contributed by atoms with Gasteiger partial charge in [0, 0.05) is 10.6 Å². The molecule has 0 aliphatic carbocycles. The molecule has 1 heterocycles. The van der Waals surface area contributed by atoms with E-state index in [9.17, 15) is 9.59 Å². The van der Waals surface area contributed by atoms with E-state index in [0.717, 1.165) is 5.56 Å². The lowest BCUT2D eigenvalue weighted by Crippen LogP contribution is -2.21. The number of halogens is 1. The molecule has 2 amide bonds. The SMILES string of the molecule is O=C(Nc1ccccc1C(=O)NN=Cc1ccc2c(c1)OCO2)c1ccc(Cl)cc1. The Morgan fingerprint density at radius 3 is 2.53 bits per heavy atom. The van der Waals surface area contributed by atoms with E-state index in [2.05, 4.69) is 15.8 Å². The highest BCUT2D eigenvalue weighted by atomic mass is 35.5. The Morgan fingerprint density at radius 1 is 0.933 bits per heavy atom. The lowest BCUT2D eigenvalue weighted by Gasteiger charge is -2.10. The molecule has 0 saturated carbocycles. The summed E-state index contributed by atoms with van der Waals surface area (Å²) in [6.07, 6.45) is 1.49. The smallest absolute Gasteiger partial charge is 0.273 e. The van der Waals surface area contributed by atoms with Gasteiger partial charge in [-0.25, -0.2) is 5.43 Å². The van der Waals surface area contributed by atoms with Gasteiger partial charge in [0.1, 0.15) is 0 Å². The van der Waals surface area contributed by atoms with Crippen LogP contribution in [0.2, 0.25) is 5.02 Å². The van der Waals surface area contributed by atoms with Gasteiger partial charge < -0.3 is 14.8 Å². The van der Waals surface area contributed by atoms with Gasteiger partial charge in [-0.15, -0.1) is 0 Å². The minimum absolute atomic E-state index is 0.186. The molecule has 2 N–H and O–H groups in total. The minimum Gasteiger partial charge on any atom is -0.454 e. The zero-order valence-corrected chi connectivity index (χ0v) is 16.3. The molecule has 0 saturated heterocycles. The van der Waals surface area contributed by atoms with Crippen molar-refractivity contribution in [2.45, 2.75) is 0 Å². The van der Waals surface area contributed by atoms with Crippen molar-refractivity contribution >= 4 is 35.3 Å². The molecule has 0 radical (unpaired) electrons. The fraction of sp³-hybridized carbons (Fsp3) is 0.0455. The number of hydrogen-bond donors (Lipinski definition) is 2. The summed E-state index contributed by atoms with van der Waals surface area (Å²) in [5, 5.41) is 7.26. The third kappa shape index (κ3) is 4.42. The van der Waals surface area contributed by atoms with Crippen molar-refractivity contribution in [1.82, 2.24) is 5.43 Å². The van der Waals surface area contributed by atoms with E-state index in [-0.39, 0.29) is 18.3 Å². The largest absolute Gasteiger partial charge is 0.454 e. The van der Waals surface area contributed by atoms with Crippen molar-refractivity contribution in [3.05, 3.63) is 88.4 Å². The van der Waals surface area contributed by atoms with Crippen molar-refractivity contribution in [3.63, 3.8) is 0 Å². The third-order valence-corrected chi connectivity index (χ3v) is 4.55. The first-order valence-electron chi connectivity index (χ1n) is 8.99. The number of hydrogen-bond acceptors (Lipinski definition) is 5. The van der Waals surface area contributed by atoms with E-state index in [1.54, 1.807) is 66.7 Å². The first-order chi connectivity index (χ1) is 14.6. The van der Waals surface area contributed by atoms with Crippen LogP contribution in [0.1, 0.15) is 26.3 Å². The van der Waals surface area contributed by atoms with E-state index in [4.69, 9.17) is 21.1 Å². The number of amides is 2. The average Bonchev–Trinajstić information content (AvgIpc) is 3.22. The highest BCUT2D eigenvalue weighted by Crippen LogP contribution is 2.32. The topological polar surface area (TPSA) is 89.0 Å². The molecule has 150 valence electrons. The summed E-state index contributed by atoms with van der Waals surface area (Å²) < 4.78 is 10.6. The molecule has 8 heteroatoms. The summed E-state index contributed by atoms with van der Waals surface area (Å²) in [6, 6.07) is 18.5. The summed E-state index contributed by atoms with van der Waals surface area (Å²) in [5.41, 5.74) is 4.28. The van der Waals surface area contributed by atoms with Gasteiger partial charge in [-0.2, -0.15) is 5.10 Å². The maximum Gasteiger partial charge on any atom is 0.273 e. The van der Waals surface area contributed by atoms with E-state index >= 15 is 0 Å².